The fourth-order valence-electron chi connectivity index (χ4n) is 4.14. The number of hydrogen-bond donors (Lipinski definition) is 3. The molecule has 0 radical (unpaired) electrons. The molecular weight excluding hydrogens is 392 g/mol. The maximum atomic E-state index is 13.1. The molecule has 3 aromatic rings. The number of carboxylic acids is 1. The molecule has 0 saturated heterocycles. The van der Waals surface area contributed by atoms with Gasteiger partial charge in [0.15, 0.2) is 17.1 Å². The largest absolute Gasteiger partial charge is 0.479 e. The first kappa shape index (κ1) is 18.6. The van der Waals surface area contributed by atoms with E-state index in [0.29, 0.717) is 28.4 Å². The van der Waals surface area contributed by atoms with Crippen LogP contribution in [0.3, 0.4) is 0 Å². The van der Waals surface area contributed by atoms with E-state index in [1.54, 1.807) is 6.07 Å². The van der Waals surface area contributed by atoms with Crippen molar-refractivity contribution in [3.8, 4) is 22.9 Å². The summed E-state index contributed by atoms with van der Waals surface area (Å²) in [5.41, 5.74) is -0.763. The van der Waals surface area contributed by atoms with Crippen LogP contribution in [-0.2, 0) is 23.5 Å². The van der Waals surface area contributed by atoms with Gasteiger partial charge in [0.2, 0.25) is 6.79 Å². The zero-order chi connectivity index (χ0) is 21.2. The fraction of sp³-hybridized carbons (Fsp3) is 0.286. The minimum atomic E-state index is -2.29. The van der Waals surface area contributed by atoms with Crippen molar-refractivity contribution >= 4 is 16.9 Å². The minimum absolute atomic E-state index is 0.114. The highest BCUT2D eigenvalue weighted by Crippen LogP contribution is 2.40. The van der Waals surface area contributed by atoms with Gasteiger partial charge in [0.05, 0.1) is 30.1 Å². The Morgan fingerprint density at radius 1 is 1.23 bits per heavy atom. The third kappa shape index (κ3) is 2.39. The normalized spacial score (nSPS) is 15.7. The number of rotatable bonds is 4. The second-order valence-corrected chi connectivity index (χ2v) is 7.38. The van der Waals surface area contributed by atoms with Crippen LogP contribution in [0.4, 0.5) is 0 Å². The van der Waals surface area contributed by atoms with Crippen LogP contribution in [0.25, 0.3) is 22.3 Å². The topological polar surface area (TPSA) is 131 Å². The van der Waals surface area contributed by atoms with Gasteiger partial charge in [-0.05, 0) is 24.6 Å². The van der Waals surface area contributed by atoms with Gasteiger partial charge in [0.25, 0.3) is 5.56 Å². The van der Waals surface area contributed by atoms with Crippen LogP contribution in [0.15, 0.2) is 29.1 Å². The molecule has 0 spiro atoms. The third-order valence-corrected chi connectivity index (χ3v) is 5.83. The zero-order valence-electron chi connectivity index (χ0n) is 16.0. The maximum Gasteiger partial charge on any atom is 0.340 e. The van der Waals surface area contributed by atoms with Crippen LogP contribution < -0.4 is 15.0 Å². The van der Waals surface area contributed by atoms with Crippen LogP contribution >= 0.6 is 0 Å². The highest BCUT2D eigenvalue weighted by Gasteiger charge is 2.40. The van der Waals surface area contributed by atoms with Gasteiger partial charge >= 0.3 is 5.97 Å². The van der Waals surface area contributed by atoms with Crippen molar-refractivity contribution in [1.29, 1.82) is 0 Å². The number of aliphatic carboxylic acids is 1. The third-order valence-electron chi connectivity index (χ3n) is 5.83. The van der Waals surface area contributed by atoms with E-state index in [0.717, 1.165) is 10.9 Å². The molecule has 4 heterocycles. The second kappa shape index (κ2) is 6.28. The molecule has 0 fully saturated rings. The summed E-state index contributed by atoms with van der Waals surface area (Å²) in [6, 6.07) is 6.92. The van der Waals surface area contributed by atoms with Crippen LogP contribution in [0.5, 0.6) is 11.5 Å². The van der Waals surface area contributed by atoms with E-state index in [2.05, 4.69) is 4.98 Å². The van der Waals surface area contributed by atoms with Crippen molar-refractivity contribution in [1.82, 2.24) is 9.55 Å². The van der Waals surface area contributed by atoms with E-state index in [1.807, 2.05) is 12.1 Å². The first-order valence-electron chi connectivity index (χ1n) is 9.45. The number of fused-ring (bicyclic) bond motifs is 5. The fourth-order valence-corrected chi connectivity index (χ4v) is 4.14. The van der Waals surface area contributed by atoms with E-state index in [9.17, 15) is 24.9 Å². The summed E-state index contributed by atoms with van der Waals surface area (Å²) in [6.07, 6.45) is -0.167. The van der Waals surface area contributed by atoms with Gasteiger partial charge in [-0.15, -0.1) is 0 Å². The monoisotopic (exact) mass is 410 g/mol. The Morgan fingerprint density at radius 3 is 2.63 bits per heavy atom. The molecule has 5 rings (SSSR count). The Labute approximate surface area is 169 Å². The standard InChI is InChI=1S/C21H18N2O7/c1-2-21(28,20(26)27)13-5-15-18-11(7-23(15)19(25)12(13)8-24)3-10-4-16-17(30-9-29-16)6-14(10)22-18/h3-6,24,28H,2,7-9H2,1H3,(H,26,27). The molecule has 1 unspecified atom stereocenters. The molecule has 3 N–H and O–H groups in total. The molecule has 0 aliphatic carbocycles. The van der Waals surface area contributed by atoms with Crippen molar-refractivity contribution in [3.05, 3.63) is 51.3 Å². The Balaban J connectivity index is 1.77. The quantitative estimate of drug-likeness (QED) is 0.459. The van der Waals surface area contributed by atoms with Gasteiger partial charge in [-0.2, -0.15) is 0 Å². The lowest BCUT2D eigenvalue weighted by Gasteiger charge is -2.25. The summed E-state index contributed by atoms with van der Waals surface area (Å²) < 4.78 is 12.2. The van der Waals surface area contributed by atoms with E-state index in [-0.39, 0.29) is 30.9 Å². The first-order chi connectivity index (χ1) is 14.4. The average Bonchev–Trinajstić information content (AvgIpc) is 3.33. The maximum absolute atomic E-state index is 13.1. The molecule has 2 aliphatic rings. The average molecular weight is 410 g/mol. The van der Waals surface area contributed by atoms with Crippen LogP contribution in [0, 0.1) is 0 Å². The molecule has 1 atom stereocenters. The molecule has 30 heavy (non-hydrogen) atoms. The molecule has 9 nitrogen and oxygen atoms in total. The van der Waals surface area contributed by atoms with Crippen molar-refractivity contribution in [2.24, 2.45) is 0 Å². The van der Waals surface area contributed by atoms with Crippen LogP contribution in [0.2, 0.25) is 0 Å². The molecule has 154 valence electrons. The van der Waals surface area contributed by atoms with Gasteiger partial charge in [-0.25, -0.2) is 9.78 Å². The molecule has 0 bridgehead atoms. The molecule has 2 aromatic heterocycles. The molecule has 0 saturated carbocycles. The predicted octanol–water partition coefficient (Wildman–Crippen LogP) is 1.33. The van der Waals surface area contributed by atoms with Crippen molar-refractivity contribution in [2.75, 3.05) is 6.79 Å². The van der Waals surface area contributed by atoms with E-state index in [4.69, 9.17) is 9.47 Å². The lowest BCUT2D eigenvalue weighted by atomic mass is 9.87. The van der Waals surface area contributed by atoms with Crippen molar-refractivity contribution < 1.29 is 29.6 Å². The van der Waals surface area contributed by atoms with Gasteiger partial charge in [0.1, 0.15) is 0 Å². The number of carbonyl (C=O) groups is 1. The first-order valence-corrected chi connectivity index (χ1v) is 9.45. The highest BCUT2D eigenvalue weighted by atomic mass is 16.7. The summed E-state index contributed by atoms with van der Waals surface area (Å²) >= 11 is 0. The van der Waals surface area contributed by atoms with Crippen molar-refractivity contribution in [2.45, 2.75) is 32.1 Å². The number of carboxylic acid groups (broad SMARTS) is 1. The van der Waals surface area contributed by atoms with E-state index < -0.39 is 23.7 Å². The number of ether oxygens (including phenoxy) is 2. The zero-order valence-corrected chi connectivity index (χ0v) is 16.0. The molecule has 0 amide bonds. The second-order valence-electron chi connectivity index (χ2n) is 7.38. The Kier molecular flexibility index (Phi) is 3.89. The number of nitrogens with zero attached hydrogens (tertiary/aromatic N) is 2. The molecule has 1 aromatic carbocycles. The van der Waals surface area contributed by atoms with Gasteiger partial charge < -0.3 is 29.4 Å². The number of pyridine rings is 2. The number of benzene rings is 1. The SMILES string of the molecule is CCC(O)(C(=O)O)c1cc2n(c(=O)c1CO)Cc1cc3cc4c(cc3nc1-2)OCO4. The summed E-state index contributed by atoms with van der Waals surface area (Å²) in [4.78, 5) is 29.5. The Bertz CT molecular complexity index is 1300. The lowest BCUT2D eigenvalue weighted by molar-refractivity contribution is -0.160. The predicted molar refractivity (Wildman–Crippen MR) is 104 cm³/mol. The number of hydrogen-bond acceptors (Lipinski definition) is 7. The lowest BCUT2D eigenvalue weighted by Crippen LogP contribution is -2.39. The number of aliphatic hydroxyl groups is 2. The van der Waals surface area contributed by atoms with Gasteiger partial charge in [0, 0.05) is 28.1 Å². The van der Waals surface area contributed by atoms with Crippen molar-refractivity contribution in [3.63, 3.8) is 0 Å². The Morgan fingerprint density at radius 2 is 1.97 bits per heavy atom. The highest BCUT2D eigenvalue weighted by molar-refractivity contribution is 5.87. The molecule has 2 aliphatic heterocycles. The van der Waals surface area contributed by atoms with E-state index in [1.165, 1.54) is 17.6 Å². The van der Waals surface area contributed by atoms with Crippen LogP contribution in [-0.4, -0.2) is 37.6 Å². The van der Waals surface area contributed by atoms with Crippen LogP contribution in [0.1, 0.15) is 30.0 Å². The summed E-state index contributed by atoms with van der Waals surface area (Å²) in [5, 5.41) is 30.9. The summed E-state index contributed by atoms with van der Waals surface area (Å²) in [7, 11) is 0. The number of aromatic nitrogens is 2. The summed E-state index contributed by atoms with van der Waals surface area (Å²) in [6.45, 7) is 1.19. The number of aliphatic hydroxyl groups excluding tert-OH is 1. The summed E-state index contributed by atoms with van der Waals surface area (Å²) in [5.74, 6) is -0.286. The Hall–Kier alpha value is -3.43. The smallest absolute Gasteiger partial charge is 0.340 e. The minimum Gasteiger partial charge on any atom is -0.479 e. The van der Waals surface area contributed by atoms with Gasteiger partial charge in [-0.3, -0.25) is 4.79 Å². The van der Waals surface area contributed by atoms with E-state index >= 15 is 0 Å². The molecule has 9 heteroatoms. The van der Waals surface area contributed by atoms with Gasteiger partial charge in [-0.1, -0.05) is 6.92 Å². The molecular formula is C21H18N2O7.